The molecule has 2 atom stereocenters. The van der Waals surface area contributed by atoms with Gasteiger partial charge >= 0.3 is 0 Å². The minimum absolute atomic E-state index is 0.0738. The molecule has 1 heterocycles. The van der Waals surface area contributed by atoms with E-state index in [9.17, 15) is 4.79 Å². The van der Waals surface area contributed by atoms with Crippen LogP contribution in [0.4, 0.5) is 0 Å². The van der Waals surface area contributed by atoms with Crippen molar-refractivity contribution < 1.29 is 9.53 Å². The Morgan fingerprint density at radius 1 is 1.17 bits per heavy atom. The molecule has 2 rings (SSSR count). The van der Waals surface area contributed by atoms with E-state index < -0.39 is 0 Å². The predicted molar refractivity (Wildman–Crippen MR) is 96.8 cm³/mol. The fourth-order valence-corrected chi connectivity index (χ4v) is 2.96. The average molecular weight is 334 g/mol. The van der Waals surface area contributed by atoms with Gasteiger partial charge in [0.15, 0.2) is 5.11 Å². The van der Waals surface area contributed by atoms with Crippen molar-refractivity contribution in [1.82, 2.24) is 10.2 Å². The van der Waals surface area contributed by atoms with Gasteiger partial charge in [0, 0.05) is 18.7 Å². The lowest BCUT2D eigenvalue weighted by molar-refractivity contribution is -0.0481. The van der Waals surface area contributed by atoms with E-state index in [1.54, 1.807) is 0 Å². The van der Waals surface area contributed by atoms with Crippen LogP contribution in [-0.2, 0) is 10.2 Å². The maximum atomic E-state index is 12.4. The van der Waals surface area contributed by atoms with Crippen LogP contribution in [0.15, 0.2) is 24.3 Å². The molecular weight excluding hydrogens is 308 g/mol. The molecule has 2 unspecified atom stereocenters. The number of carbonyl (C=O) groups is 1. The van der Waals surface area contributed by atoms with Gasteiger partial charge in [0.2, 0.25) is 0 Å². The van der Waals surface area contributed by atoms with Crippen molar-refractivity contribution in [1.29, 1.82) is 0 Å². The number of thiocarbonyl (C=S) groups is 1. The molecule has 4 nitrogen and oxygen atoms in total. The van der Waals surface area contributed by atoms with Crippen LogP contribution in [0.25, 0.3) is 0 Å². The minimum atomic E-state index is -0.165. The largest absolute Gasteiger partial charge is 0.372 e. The molecule has 126 valence electrons. The number of carbonyl (C=O) groups excluding carboxylic acids is 1. The molecular formula is C18H26N2O2S. The second kappa shape index (κ2) is 6.97. The zero-order valence-electron chi connectivity index (χ0n) is 14.6. The highest BCUT2D eigenvalue weighted by molar-refractivity contribution is 7.80. The quantitative estimate of drug-likeness (QED) is 0.801. The lowest BCUT2D eigenvalue weighted by Gasteiger charge is -2.36. The van der Waals surface area contributed by atoms with Gasteiger partial charge < -0.3 is 9.64 Å². The Balaban J connectivity index is 2.00. The first-order valence-electron chi connectivity index (χ1n) is 8.03. The zero-order chi connectivity index (χ0) is 17.2. The minimum Gasteiger partial charge on any atom is -0.372 e. The summed E-state index contributed by atoms with van der Waals surface area (Å²) in [4.78, 5) is 14.4. The summed E-state index contributed by atoms with van der Waals surface area (Å²) in [6.45, 7) is 11.9. The van der Waals surface area contributed by atoms with Crippen molar-refractivity contribution in [2.24, 2.45) is 0 Å². The summed E-state index contributed by atoms with van der Waals surface area (Å²) in [6.07, 6.45) is 0.222. The molecule has 0 aliphatic carbocycles. The highest BCUT2D eigenvalue weighted by atomic mass is 32.1. The predicted octanol–water partition coefficient (Wildman–Crippen LogP) is 3.11. The Morgan fingerprint density at radius 2 is 1.70 bits per heavy atom. The molecule has 1 fully saturated rings. The van der Waals surface area contributed by atoms with Crippen LogP contribution in [0.3, 0.4) is 0 Å². The van der Waals surface area contributed by atoms with Gasteiger partial charge in [-0.05, 0) is 49.2 Å². The van der Waals surface area contributed by atoms with E-state index >= 15 is 0 Å². The number of ether oxygens (including phenoxy) is 1. The van der Waals surface area contributed by atoms with E-state index in [0.29, 0.717) is 23.8 Å². The van der Waals surface area contributed by atoms with Crippen LogP contribution >= 0.6 is 12.2 Å². The maximum Gasteiger partial charge on any atom is 0.257 e. The average Bonchev–Trinajstić information content (AvgIpc) is 2.45. The molecule has 1 aromatic rings. The Labute approximate surface area is 144 Å². The van der Waals surface area contributed by atoms with E-state index in [1.165, 1.54) is 5.56 Å². The number of benzene rings is 1. The first-order valence-corrected chi connectivity index (χ1v) is 8.44. The number of nitrogens with zero attached hydrogens (tertiary/aromatic N) is 1. The summed E-state index contributed by atoms with van der Waals surface area (Å²) < 4.78 is 5.69. The summed E-state index contributed by atoms with van der Waals surface area (Å²) in [6, 6.07) is 7.69. The monoisotopic (exact) mass is 334 g/mol. The number of hydrogen-bond donors (Lipinski definition) is 1. The Hall–Kier alpha value is -1.46. The van der Waals surface area contributed by atoms with Crippen molar-refractivity contribution in [2.75, 3.05) is 13.1 Å². The molecule has 1 aromatic carbocycles. The lowest BCUT2D eigenvalue weighted by Crippen LogP contribution is -2.52. The van der Waals surface area contributed by atoms with Gasteiger partial charge in [-0.1, -0.05) is 32.9 Å². The Morgan fingerprint density at radius 3 is 2.17 bits per heavy atom. The van der Waals surface area contributed by atoms with E-state index in [2.05, 4.69) is 26.1 Å². The third kappa shape index (κ3) is 4.75. The molecule has 23 heavy (non-hydrogen) atoms. The van der Waals surface area contributed by atoms with Gasteiger partial charge in [0.25, 0.3) is 5.91 Å². The number of nitrogens with one attached hydrogen (secondary N) is 1. The number of morpholine rings is 1. The highest BCUT2D eigenvalue weighted by Crippen LogP contribution is 2.22. The molecule has 0 radical (unpaired) electrons. The van der Waals surface area contributed by atoms with Gasteiger partial charge in [-0.3, -0.25) is 10.1 Å². The Kier molecular flexibility index (Phi) is 5.42. The van der Waals surface area contributed by atoms with Crippen LogP contribution in [0.1, 0.15) is 50.5 Å². The van der Waals surface area contributed by atoms with E-state index in [1.807, 2.05) is 43.0 Å². The highest BCUT2D eigenvalue weighted by Gasteiger charge is 2.25. The van der Waals surface area contributed by atoms with Gasteiger partial charge in [-0.25, -0.2) is 0 Å². The first kappa shape index (κ1) is 17.9. The maximum absolute atomic E-state index is 12.4. The van der Waals surface area contributed by atoms with E-state index in [-0.39, 0.29) is 23.5 Å². The topological polar surface area (TPSA) is 41.6 Å². The van der Waals surface area contributed by atoms with Crippen molar-refractivity contribution in [2.45, 2.75) is 52.2 Å². The van der Waals surface area contributed by atoms with E-state index in [4.69, 9.17) is 17.0 Å². The molecule has 0 bridgehead atoms. The summed E-state index contributed by atoms with van der Waals surface area (Å²) in [5.41, 5.74) is 1.90. The molecule has 1 saturated heterocycles. The van der Waals surface area contributed by atoms with Crippen molar-refractivity contribution >= 4 is 23.2 Å². The SMILES string of the molecule is CC1CN(C(=S)NC(=O)c2ccc(C(C)(C)C)cc2)CC(C)O1. The van der Waals surface area contributed by atoms with Gasteiger partial charge in [0.1, 0.15) is 0 Å². The third-order valence-electron chi connectivity index (χ3n) is 3.94. The lowest BCUT2D eigenvalue weighted by atomic mass is 9.87. The molecule has 0 saturated carbocycles. The smallest absolute Gasteiger partial charge is 0.257 e. The molecule has 1 amide bonds. The number of hydrogen-bond acceptors (Lipinski definition) is 3. The molecule has 5 heteroatoms. The number of rotatable bonds is 1. The Bertz CT molecular complexity index is 568. The summed E-state index contributed by atoms with van der Waals surface area (Å²) in [5, 5.41) is 3.30. The third-order valence-corrected chi connectivity index (χ3v) is 4.30. The fraction of sp³-hybridized carbons (Fsp3) is 0.556. The van der Waals surface area contributed by atoms with Crippen LogP contribution in [0.2, 0.25) is 0 Å². The fourth-order valence-electron chi connectivity index (χ4n) is 2.71. The van der Waals surface area contributed by atoms with Crippen LogP contribution in [0.5, 0.6) is 0 Å². The molecule has 0 spiro atoms. The molecule has 0 aromatic heterocycles. The summed E-state index contributed by atoms with van der Waals surface area (Å²) in [5.74, 6) is -0.165. The second-order valence-electron chi connectivity index (χ2n) is 7.25. The van der Waals surface area contributed by atoms with Gasteiger partial charge in [0.05, 0.1) is 12.2 Å². The first-order chi connectivity index (χ1) is 10.7. The van der Waals surface area contributed by atoms with Gasteiger partial charge in [-0.15, -0.1) is 0 Å². The second-order valence-corrected chi connectivity index (χ2v) is 7.64. The van der Waals surface area contributed by atoms with Crippen molar-refractivity contribution in [3.8, 4) is 0 Å². The number of amides is 1. The normalized spacial score (nSPS) is 21.9. The molecule has 1 N–H and O–H groups in total. The molecule has 1 aliphatic rings. The standard InChI is InChI=1S/C18H26N2O2S/c1-12-10-20(11-13(2)22-12)17(23)19-16(21)14-6-8-15(9-7-14)18(3,4)5/h6-9,12-13H,10-11H2,1-5H3,(H,19,21,23). The van der Waals surface area contributed by atoms with Crippen LogP contribution in [-0.4, -0.2) is 41.2 Å². The van der Waals surface area contributed by atoms with Crippen molar-refractivity contribution in [3.63, 3.8) is 0 Å². The summed E-state index contributed by atoms with van der Waals surface area (Å²) >= 11 is 5.38. The van der Waals surface area contributed by atoms with Crippen LogP contribution in [0, 0.1) is 0 Å². The molecule has 1 aliphatic heterocycles. The van der Waals surface area contributed by atoms with Gasteiger partial charge in [-0.2, -0.15) is 0 Å². The van der Waals surface area contributed by atoms with Crippen LogP contribution < -0.4 is 5.32 Å². The van der Waals surface area contributed by atoms with E-state index in [0.717, 1.165) is 0 Å². The van der Waals surface area contributed by atoms with Crippen molar-refractivity contribution in [3.05, 3.63) is 35.4 Å². The summed E-state index contributed by atoms with van der Waals surface area (Å²) in [7, 11) is 0. The zero-order valence-corrected chi connectivity index (χ0v) is 15.4.